The number of hydrogen-bond donors (Lipinski definition) is 1. The molecular weight excluding hydrogens is 343 g/mol. The number of amides is 2. The number of nitrogens with one attached hydrogen (secondary N) is 1. The smallest absolute Gasteiger partial charge is 0.409 e. The average molecular weight is 361 g/mol. The van der Waals surface area contributed by atoms with Crippen molar-refractivity contribution in [3.63, 3.8) is 0 Å². The van der Waals surface area contributed by atoms with Gasteiger partial charge in [0.25, 0.3) is 5.91 Å². The number of halogens is 2. The van der Waals surface area contributed by atoms with Gasteiger partial charge < -0.3 is 19.7 Å². The third-order valence-electron chi connectivity index (χ3n) is 3.55. The second-order valence-corrected chi connectivity index (χ2v) is 6.01. The molecule has 0 atom stereocenters. The molecule has 0 bridgehead atoms. The normalized spacial score (nSPS) is 15.2. The highest BCUT2D eigenvalue weighted by molar-refractivity contribution is 6.35. The van der Waals surface area contributed by atoms with E-state index < -0.39 is 0 Å². The van der Waals surface area contributed by atoms with Crippen molar-refractivity contribution in [1.29, 1.82) is 0 Å². The summed E-state index contributed by atoms with van der Waals surface area (Å²) >= 11 is 11.8. The molecule has 2 rings (SSSR count). The zero-order valence-corrected chi connectivity index (χ0v) is 14.2. The highest BCUT2D eigenvalue weighted by Crippen LogP contribution is 2.27. The van der Waals surface area contributed by atoms with Crippen LogP contribution in [0.5, 0.6) is 5.75 Å². The first kappa shape index (κ1) is 17.7. The second kappa shape index (κ2) is 8.26. The Morgan fingerprint density at radius 2 is 2.00 bits per heavy atom. The number of carbonyl (C=O) groups is 2. The summed E-state index contributed by atoms with van der Waals surface area (Å²) < 4.78 is 10.1. The fourth-order valence-corrected chi connectivity index (χ4v) is 2.80. The number of nitrogens with zero attached hydrogens (tertiary/aromatic N) is 1. The minimum atomic E-state index is -0.338. The first-order valence-electron chi connectivity index (χ1n) is 7.19. The van der Waals surface area contributed by atoms with Crippen LogP contribution in [-0.2, 0) is 9.53 Å². The van der Waals surface area contributed by atoms with Gasteiger partial charge in [-0.1, -0.05) is 23.2 Å². The molecule has 0 unspecified atom stereocenters. The maximum absolute atomic E-state index is 11.9. The van der Waals surface area contributed by atoms with Crippen LogP contribution < -0.4 is 10.1 Å². The Balaban J connectivity index is 1.74. The topological polar surface area (TPSA) is 67.9 Å². The summed E-state index contributed by atoms with van der Waals surface area (Å²) in [6.45, 7) is 0.988. The number of hydrogen-bond acceptors (Lipinski definition) is 4. The number of rotatable bonds is 4. The molecule has 1 aromatic carbocycles. The van der Waals surface area contributed by atoms with Gasteiger partial charge in [0.05, 0.1) is 12.1 Å². The van der Waals surface area contributed by atoms with Crippen LogP contribution in [0.3, 0.4) is 0 Å². The van der Waals surface area contributed by atoms with E-state index in [1.807, 2.05) is 0 Å². The number of ether oxygens (including phenoxy) is 2. The number of carbonyl (C=O) groups excluding carboxylic acids is 2. The van der Waals surface area contributed by atoms with Gasteiger partial charge in [-0.05, 0) is 31.0 Å². The van der Waals surface area contributed by atoms with Crippen LogP contribution in [0.2, 0.25) is 10.0 Å². The number of likely N-dealkylation sites (tertiary alicyclic amines) is 1. The van der Waals surface area contributed by atoms with Crippen molar-refractivity contribution in [3.8, 4) is 5.75 Å². The van der Waals surface area contributed by atoms with Gasteiger partial charge in [-0.2, -0.15) is 0 Å². The molecule has 1 aromatic rings. The molecule has 8 heteroatoms. The maximum atomic E-state index is 11.9. The molecule has 1 N–H and O–H groups in total. The van der Waals surface area contributed by atoms with Crippen molar-refractivity contribution >= 4 is 35.2 Å². The summed E-state index contributed by atoms with van der Waals surface area (Å²) in [5, 5.41) is 3.75. The molecule has 1 fully saturated rings. The number of piperidine rings is 1. The maximum Gasteiger partial charge on any atom is 0.409 e. The Hall–Kier alpha value is -1.66. The van der Waals surface area contributed by atoms with E-state index >= 15 is 0 Å². The average Bonchev–Trinajstić information content (AvgIpc) is 2.54. The Labute approximate surface area is 144 Å². The van der Waals surface area contributed by atoms with Gasteiger partial charge in [0.15, 0.2) is 6.61 Å². The third kappa shape index (κ3) is 5.18. The fraction of sp³-hybridized carbons (Fsp3) is 0.467. The Morgan fingerprint density at radius 1 is 1.30 bits per heavy atom. The van der Waals surface area contributed by atoms with Crippen molar-refractivity contribution in [1.82, 2.24) is 10.2 Å². The van der Waals surface area contributed by atoms with Crippen molar-refractivity contribution in [3.05, 3.63) is 28.2 Å². The quantitative estimate of drug-likeness (QED) is 0.896. The minimum Gasteiger partial charge on any atom is -0.482 e. The van der Waals surface area contributed by atoms with Crippen molar-refractivity contribution < 1.29 is 19.1 Å². The summed E-state index contributed by atoms with van der Waals surface area (Å²) in [5.74, 6) is 0.180. The van der Waals surface area contributed by atoms with Gasteiger partial charge >= 0.3 is 6.09 Å². The molecule has 126 valence electrons. The molecule has 0 aromatic heterocycles. The molecule has 1 heterocycles. The standard InChI is InChI=1S/C15H18Cl2N2O4/c1-22-15(21)19-6-4-11(5-7-19)18-14(20)9-23-13-3-2-10(16)8-12(13)17/h2-3,8,11H,4-7,9H2,1H3,(H,18,20). The molecule has 0 spiro atoms. The third-order valence-corrected chi connectivity index (χ3v) is 4.08. The SMILES string of the molecule is COC(=O)N1CCC(NC(=O)COc2ccc(Cl)cc2Cl)CC1. The molecule has 1 saturated heterocycles. The lowest BCUT2D eigenvalue weighted by atomic mass is 10.1. The van der Waals surface area contributed by atoms with Gasteiger partial charge in [-0.15, -0.1) is 0 Å². The Bertz CT molecular complexity index is 575. The van der Waals surface area contributed by atoms with Gasteiger partial charge in [-0.3, -0.25) is 4.79 Å². The lowest BCUT2D eigenvalue weighted by molar-refractivity contribution is -0.124. The van der Waals surface area contributed by atoms with Crippen LogP contribution in [0.15, 0.2) is 18.2 Å². The first-order valence-corrected chi connectivity index (χ1v) is 7.95. The lowest BCUT2D eigenvalue weighted by Gasteiger charge is -2.31. The van der Waals surface area contributed by atoms with Crippen LogP contribution in [0, 0.1) is 0 Å². The predicted molar refractivity (Wildman–Crippen MR) is 87.1 cm³/mol. The highest BCUT2D eigenvalue weighted by Gasteiger charge is 2.24. The zero-order chi connectivity index (χ0) is 16.8. The molecule has 23 heavy (non-hydrogen) atoms. The van der Waals surface area contributed by atoms with E-state index in [0.717, 1.165) is 0 Å². The van der Waals surface area contributed by atoms with Crippen LogP contribution in [0.25, 0.3) is 0 Å². The lowest BCUT2D eigenvalue weighted by Crippen LogP contribution is -2.47. The largest absolute Gasteiger partial charge is 0.482 e. The summed E-state index contributed by atoms with van der Waals surface area (Å²) in [5.41, 5.74) is 0. The van der Waals surface area contributed by atoms with E-state index in [2.05, 4.69) is 10.1 Å². The highest BCUT2D eigenvalue weighted by atomic mass is 35.5. The van der Waals surface area contributed by atoms with Gasteiger partial charge in [0.1, 0.15) is 5.75 Å². The van der Waals surface area contributed by atoms with Crippen LogP contribution >= 0.6 is 23.2 Å². The molecular formula is C15H18Cl2N2O4. The van der Waals surface area contributed by atoms with Crippen LogP contribution in [0.4, 0.5) is 4.79 Å². The van der Waals surface area contributed by atoms with E-state index in [1.165, 1.54) is 7.11 Å². The van der Waals surface area contributed by atoms with E-state index in [4.69, 9.17) is 27.9 Å². The summed E-state index contributed by atoms with van der Waals surface area (Å²) in [7, 11) is 1.36. The van der Waals surface area contributed by atoms with E-state index in [0.29, 0.717) is 41.7 Å². The summed E-state index contributed by atoms with van der Waals surface area (Å²) in [4.78, 5) is 24.9. The zero-order valence-electron chi connectivity index (χ0n) is 12.7. The molecule has 6 nitrogen and oxygen atoms in total. The van der Waals surface area contributed by atoms with E-state index in [9.17, 15) is 9.59 Å². The van der Waals surface area contributed by atoms with Crippen molar-refractivity contribution in [2.24, 2.45) is 0 Å². The number of benzene rings is 1. The summed E-state index contributed by atoms with van der Waals surface area (Å²) in [6, 6.07) is 4.84. The molecule has 1 aliphatic rings. The minimum absolute atomic E-state index is 0.0210. The van der Waals surface area contributed by atoms with Crippen LogP contribution in [0.1, 0.15) is 12.8 Å². The monoisotopic (exact) mass is 360 g/mol. The number of methoxy groups -OCH3 is 1. The molecule has 0 radical (unpaired) electrons. The Morgan fingerprint density at radius 3 is 2.61 bits per heavy atom. The fourth-order valence-electron chi connectivity index (χ4n) is 2.34. The van der Waals surface area contributed by atoms with Crippen molar-refractivity contribution in [2.75, 3.05) is 26.8 Å². The molecule has 2 amide bonds. The molecule has 1 aliphatic heterocycles. The van der Waals surface area contributed by atoms with Gasteiger partial charge in [0, 0.05) is 24.2 Å². The molecule has 0 aliphatic carbocycles. The van der Waals surface area contributed by atoms with Crippen LogP contribution in [-0.4, -0.2) is 49.7 Å². The first-order chi connectivity index (χ1) is 11.0. The Kier molecular flexibility index (Phi) is 6.36. The van der Waals surface area contributed by atoms with Gasteiger partial charge in [0.2, 0.25) is 0 Å². The van der Waals surface area contributed by atoms with E-state index in [1.54, 1.807) is 23.1 Å². The van der Waals surface area contributed by atoms with Crippen molar-refractivity contribution in [2.45, 2.75) is 18.9 Å². The van der Waals surface area contributed by atoms with Gasteiger partial charge in [-0.25, -0.2) is 4.79 Å². The van der Waals surface area contributed by atoms with E-state index in [-0.39, 0.29) is 24.6 Å². The summed E-state index contributed by atoms with van der Waals surface area (Å²) in [6.07, 6.45) is 1.03. The predicted octanol–water partition coefficient (Wildman–Crippen LogP) is 2.72. The molecule has 0 saturated carbocycles. The second-order valence-electron chi connectivity index (χ2n) is 5.16.